The van der Waals surface area contributed by atoms with Crippen molar-refractivity contribution in [2.75, 3.05) is 13.2 Å². The summed E-state index contributed by atoms with van der Waals surface area (Å²) < 4.78 is 39.6. The van der Waals surface area contributed by atoms with Crippen molar-refractivity contribution in [1.82, 2.24) is 5.32 Å². The molecule has 1 amide bonds. The van der Waals surface area contributed by atoms with E-state index in [0.717, 1.165) is 12.8 Å². The van der Waals surface area contributed by atoms with Gasteiger partial charge in [0.25, 0.3) is 10.1 Å². The Hall–Kier alpha value is -1.35. The second-order valence-corrected chi connectivity index (χ2v) is 10.7. The van der Waals surface area contributed by atoms with Crippen molar-refractivity contribution in [3.63, 3.8) is 0 Å². The van der Waals surface area contributed by atoms with Crippen molar-refractivity contribution in [3.8, 4) is 0 Å². The number of rotatable bonds is 7. The van der Waals surface area contributed by atoms with Crippen molar-refractivity contribution in [2.24, 2.45) is 23.2 Å². The maximum Gasteiger partial charge on any atom is 0.407 e. The molecule has 3 rings (SSSR count). The van der Waals surface area contributed by atoms with E-state index >= 15 is 0 Å². The fraction of sp³-hybridized carbons (Fsp3) is 0.889. The first-order valence-electron chi connectivity index (χ1n) is 9.55. The van der Waals surface area contributed by atoms with Gasteiger partial charge in [-0.05, 0) is 39.0 Å². The molecule has 0 radical (unpaired) electrons. The highest BCUT2D eigenvalue weighted by molar-refractivity contribution is 7.87. The first-order chi connectivity index (χ1) is 12.5. The van der Waals surface area contributed by atoms with Crippen molar-refractivity contribution in [3.05, 3.63) is 0 Å². The van der Waals surface area contributed by atoms with Crippen LogP contribution in [0, 0.1) is 23.2 Å². The van der Waals surface area contributed by atoms with Gasteiger partial charge >= 0.3 is 12.1 Å². The Kier molecular flexibility index (Phi) is 5.46. The molecular weight excluding hydrogens is 374 g/mol. The van der Waals surface area contributed by atoms with Crippen molar-refractivity contribution < 1.29 is 31.7 Å². The van der Waals surface area contributed by atoms with Gasteiger partial charge in [0.05, 0.1) is 17.2 Å². The topological polar surface area (TPSA) is 108 Å². The third kappa shape index (κ3) is 4.08. The average Bonchev–Trinajstić information content (AvgIpc) is 3.14. The number of hydrogen-bond acceptors (Lipinski definition) is 7. The molecule has 9 heteroatoms. The van der Waals surface area contributed by atoms with E-state index < -0.39 is 39.1 Å². The van der Waals surface area contributed by atoms with E-state index in [1.54, 1.807) is 0 Å². The fourth-order valence-electron chi connectivity index (χ4n) is 4.81. The lowest BCUT2D eigenvalue weighted by Crippen LogP contribution is -2.40. The maximum atomic E-state index is 12.1. The van der Waals surface area contributed by atoms with E-state index in [9.17, 15) is 18.0 Å². The Bertz CT molecular complexity index is 702. The zero-order valence-corrected chi connectivity index (χ0v) is 17.1. The van der Waals surface area contributed by atoms with Crippen LogP contribution >= 0.6 is 0 Å². The minimum Gasteiger partial charge on any atom is -0.463 e. The van der Waals surface area contributed by atoms with E-state index in [0.29, 0.717) is 12.3 Å². The first-order valence-corrected chi connectivity index (χ1v) is 11.0. The predicted octanol–water partition coefficient (Wildman–Crippen LogP) is 1.83. The molecule has 0 aromatic carbocycles. The summed E-state index contributed by atoms with van der Waals surface area (Å²) in [6.45, 7) is 7.97. The van der Waals surface area contributed by atoms with Crippen molar-refractivity contribution in [1.29, 1.82) is 0 Å². The van der Waals surface area contributed by atoms with Crippen LogP contribution in [-0.2, 0) is 28.6 Å². The molecule has 0 aromatic rings. The summed E-state index contributed by atoms with van der Waals surface area (Å²) in [7, 11) is -3.52. The van der Waals surface area contributed by atoms with E-state index in [1.807, 2.05) is 27.7 Å². The summed E-state index contributed by atoms with van der Waals surface area (Å²) in [5.74, 6) is 0.0447. The number of hydrogen-bond donors (Lipinski definition) is 1. The number of nitrogens with one attached hydrogen (secondary N) is 1. The predicted molar refractivity (Wildman–Crippen MR) is 96.3 cm³/mol. The lowest BCUT2D eigenvalue weighted by molar-refractivity contribution is -0.154. The van der Waals surface area contributed by atoms with Gasteiger partial charge in [-0.15, -0.1) is 0 Å². The molecule has 1 aliphatic heterocycles. The Labute approximate surface area is 160 Å². The van der Waals surface area contributed by atoms with E-state index in [-0.39, 0.29) is 31.0 Å². The molecule has 2 saturated carbocycles. The molecule has 3 aliphatic rings. The SMILES string of the molecule is CC(C)CC(C)(C)C(=O)OCCNC(=O)OC1C2CC3C1OS(=O)(=O)C3C2. The van der Waals surface area contributed by atoms with Crippen LogP contribution in [0.5, 0.6) is 0 Å². The summed E-state index contributed by atoms with van der Waals surface area (Å²) in [4.78, 5) is 24.1. The minimum atomic E-state index is -3.52. The summed E-state index contributed by atoms with van der Waals surface area (Å²) in [6, 6.07) is 0. The Morgan fingerprint density at radius 3 is 2.63 bits per heavy atom. The van der Waals surface area contributed by atoms with Gasteiger partial charge in [-0.25, -0.2) is 4.79 Å². The third-order valence-electron chi connectivity index (χ3n) is 5.73. The molecule has 1 heterocycles. The summed E-state index contributed by atoms with van der Waals surface area (Å²) in [6.07, 6.45) is 0.195. The molecule has 2 aliphatic carbocycles. The molecule has 3 fully saturated rings. The zero-order chi connectivity index (χ0) is 20.0. The quantitative estimate of drug-likeness (QED) is 0.392. The zero-order valence-electron chi connectivity index (χ0n) is 16.3. The Morgan fingerprint density at radius 1 is 1.26 bits per heavy atom. The van der Waals surface area contributed by atoms with Crippen LogP contribution in [0.1, 0.15) is 47.0 Å². The third-order valence-corrected chi connectivity index (χ3v) is 7.51. The van der Waals surface area contributed by atoms with Crippen LogP contribution in [0.15, 0.2) is 0 Å². The standard InChI is InChI=1S/C18H29NO7S/c1-10(2)9-18(3,4)16(20)24-6-5-19-17(21)25-14-11-7-12-13(8-11)27(22,23)26-15(12)14/h10-15H,5-9H2,1-4H3,(H,19,21). The highest BCUT2D eigenvalue weighted by Gasteiger charge is 2.65. The molecule has 27 heavy (non-hydrogen) atoms. The molecule has 2 bridgehead atoms. The van der Waals surface area contributed by atoms with Crippen LogP contribution in [0.4, 0.5) is 4.79 Å². The summed E-state index contributed by atoms with van der Waals surface area (Å²) in [5, 5.41) is 2.11. The number of esters is 1. The first kappa shape index (κ1) is 20.4. The number of ether oxygens (including phenoxy) is 2. The molecule has 1 saturated heterocycles. The Balaban J connectivity index is 1.40. The van der Waals surface area contributed by atoms with Crippen molar-refractivity contribution in [2.45, 2.75) is 64.4 Å². The van der Waals surface area contributed by atoms with Gasteiger partial charge in [-0.3, -0.25) is 8.98 Å². The van der Waals surface area contributed by atoms with Crippen molar-refractivity contribution >= 4 is 22.2 Å². The molecule has 5 unspecified atom stereocenters. The van der Waals surface area contributed by atoms with Crippen LogP contribution in [0.2, 0.25) is 0 Å². The summed E-state index contributed by atoms with van der Waals surface area (Å²) >= 11 is 0. The van der Waals surface area contributed by atoms with Gasteiger partial charge in [0.2, 0.25) is 0 Å². The Morgan fingerprint density at radius 2 is 1.96 bits per heavy atom. The smallest absolute Gasteiger partial charge is 0.407 e. The molecule has 5 atom stereocenters. The summed E-state index contributed by atoms with van der Waals surface area (Å²) in [5.41, 5.74) is -0.570. The monoisotopic (exact) mass is 403 g/mol. The number of amides is 1. The maximum absolute atomic E-state index is 12.1. The molecule has 0 aromatic heterocycles. The molecule has 0 spiro atoms. The van der Waals surface area contributed by atoms with Gasteiger partial charge in [-0.2, -0.15) is 8.42 Å². The van der Waals surface area contributed by atoms with E-state index in [1.165, 1.54) is 0 Å². The molecule has 154 valence electrons. The molecule has 8 nitrogen and oxygen atoms in total. The lowest BCUT2D eigenvalue weighted by Gasteiger charge is -2.25. The highest BCUT2D eigenvalue weighted by atomic mass is 32.2. The normalized spacial score (nSPS) is 33.3. The van der Waals surface area contributed by atoms with Gasteiger partial charge in [0.1, 0.15) is 18.8 Å². The van der Waals surface area contributed by atoms with Crippen LogP contribution in [0.25, 0.3) is 0 Å². The van der Waals surface area contributed by atoms with Gasteiger partial charge in [0, 0.05) is 11.8 Å². The number of carbonyl (C=O) groups excluding carboxylic acids is 2. The minimum absolute atomic E-state index is 0.0303. The second-order valence-electron chi connectivity index (χ2n) is 8.90. The molecule has 1 N–H and O–H groups in total. The van der Waals surface area contributed by atoms with Gasteiger partial charge in [-0.1, -0.05) is 13.8 Å². The largest absolute Gasteiger partial charge is 0.463 e. The number of fused-ring (bicyclic) bond motifs is 1. The average molecular weight is 403 g/mol. The second kappa shape index (κ2) is 7.24. The van der Waals surface area contributed by atoms with E-state index in [2.05, 4.69) is 5.32 Å². The van der Waals surface area contributed by atoms with Crippen LogP contribution in [-0.4, -0.2) is 51.1 Å². The number of alkyl carbamates (subject to hydrolysis) is 1. The highest BCUT2D eigenvalue weighted by Crippen LogP contribution is 2.55. The lowest BCUT2D eigenvalue weighted by atomic mass is 9.84. The fourth-order valence-corrected chi connectivity index (χ4v) is 6.69. The molecular formula is C18H29NO7S. The number of carbonyl (C=O) groups is 2. The van der Waals surface area contributed by atoms with Gasteiger partial charge < -0.3 is 14.8 Å². The van der Waals surface area contributed by atoms with Crippen LogP contribution < -0.4 is 5.32 Å². The van der Waals surface area contributed by atoms with E-state index in [4.69, 9.17) is 13.7 Å². The van der Waals surface area contributed by atoms with Crippen LogP contribution in [0.3, 0.4) is 0 Å². The van der Waals surface area contributed by atoms with Gasteiger partial charge in [0.15, 0.2) is 0 Å².